The molecule has 2 N–H and O–H groups in total. The molecule has 0 amide bonds. The molecular weight excluding hydrogens is 336 g/mol. The molecular formula is C18H30N4S2. The number of allylic oxidation sites excluding steroid dienone is 1. The summed E-state index contributed by atoms with van der Waals surface area (Å²) >= 11 is 11.3. The lowest BCUT2D eigenvalue weighted by molar-refractivity contribution is 0.200. The highest BCUT2D eigenvalue weighted by Crippen LogP contribution is 2.20. The fraction of sp³-hybridized carbons (Fsp3) is 0.778. The predicted octanol–water partition coefficient (Wildman–Crippen LogP) is 3.49. The van der Waals surface area contributed by atoms with E-state index in [-0.39, 0.29) is 0 Å². The van der Waals surface area contributed by atoms with Crippen LogP contribution in [0.15, 0.2) is 11.6 Å². The Morgan fingerprint density at radius 3 is 2.46 bits per heavy atom. The summed E-state index contributed by atoms with van der Waals surface area (Å²) in [6.07, 6.45) is 15.0. The Morgan fingerprint density at radius 1 is 1.00 bits per heavy atom. The number of nitrogens with zero attached hydrogens (tertiary/aromatic N) is 2. The van der Waals surface area contributed by atoms with Crippen LogP contribution in [0.4, 0.5) is 0 Å². The standard InChI is InChI=1S/C18H30N4S2/c23-17(19-12-11-15-7-2-1-3-8-15)21-13-6-14-22(21)18(24)20-16-9-4-5-10-16/h7,16H,1-6,8-14H2,(H,19,23)(H,20,24). The van der Waals surface area contributed by atoms with Crippen molar-refractivity contribution in [2.75, 3.05) is 19.6 Å². The molecule has 0 aromatic carbocycles. The second-order valence-corrected chi connectivity index (χ2v) is 7.89. The lowest BCUT2D eigenvalue weighted by Gasteiger charge is -2.33. The van der Waals surface area contributed by atoms with Crippen LogP contribution in [0.2, 0.25) is 0 Å². The van der Waals surface area contributed by atoms with E-state index in [9.17, 15) is 0 Å². The first-order valence-corrected chi connectivity index (χ1v) is 10.4. The number of hydrogen-bond acceptors (Lipinski definition) is 2. The minimum absolute atomic E-state index is 0.555. The third-order valence-electron chi connectivity index (χ3n) is 5.29. The summed E-state index contributed by atoms with van der Waals surface area (Å²) in [5.41, 5.74) is 1.59. The van der Waals surface area contributed by atoms with E-state index in [0.29, 0.717) is 6.04 Å². The first-order valence-electron chi connectivity index (χ1n) is 9.55. The number of hydrogen-bond donors (Lipinski definition) is 2. The molecule has 2 aliphatic carbocycles. The summed E-state index contributed by atoms with van der Waals surface area (Å²) in [5, 5.41) is 12.9. The Hall–Kier alpha value is -0.880. The van der Waals surface area contributed by atoms with Crippen LogP contribution in [0.1, 0.15) is 64.2 Å². The van der Waals surface area contributed by atoms with Crippen LogP contribution in [0.25, 0.3) is 0 Å². The second kappa shape index (κ2) is 8.99. The third kappa shape index (κ3) is 4.82. The molecule has 0 radical (unpaired) electrons. The molecule has 0 aromatic rings. The van der Waals surface area contributed by atoms with E-state index in [2.05, 4.69) is 26.7 Å². The van der Waals surface area contributed by atoms with Crippen molar-refractivity contribution >= 4 is 34.7 Å². The van der Waals surface area contributed by atoms with Crippen LogP contribution < -0.4 is 10.6 Å². The summed E-state index contributed by atoms with van der Waals surface area (Å²) in [4.78, 5) is 0. The van der Waals surface area contributed by atoms with E-state index in [1.807, 2.05) is 0 Å². The number of nitrogens with one attached hydrogen (secondary N) is 2. The summed E-state index contributed by atoms with van der Waals surface area (Å²) < 4.78 is 0. The van der Waals surface area contributed by atoms with Gasteiger partial charge in [-0.1, -0.05) is 24.5 Å². The summed E-state index contributed by atoms with van der Waals surface area (Å²) in [5.74, 6) is 0. The molecule has 0 unspecified atom stereocenters. The smallest absolute Gasteiger partial charge is 0.188 e. The molecule has 0 spiro atoms. The Labute approximate surface area is 157 Å². The number of hydrazine groups is 1. The quantitative estimate of drug-likeness (QED) is 0.585. The van der Waals surface area contributed by atoms with E-state index in [1.54, 1.807) is 5.57 Å². The van der Waals surface area contributed by atoms with Gasteiger partial charge in [0.05, 0.1) is 0 Å². The Bertz CT molecular complexity index is 485. The Balaban J connectivity index is 1.44. The second-order valence-electron chi connectivity index (χ2n) is 7.12. The normalized spacial score (nSPS) is 21.8. The molecule has 0 bridgehead atoms. The molecule has 3 rings (SSSR count). The maximum atomic E-state index is 5.64. The van der Waals surface area contributed by atoms with Crippen molar-refractivity contribution in [2.24, 2.45) is 0 Å². The SMILES string of the molecule is S=C(NCCC1=CCCCC1)N1CCCN1C(=S)NC1CCCC1. The van der Waals surface area contributed by atoms with Crippen molar-refractivity contribution in [2.45, 2.75) is 70.3 Å². The van der Waals surface area contributed by atoms with Gasteiger partial charge in [-0.3, -0.25) is 10.0 Å². The van der Waals surface area contributed by atoms with Crippen LogP contribution in [0.5, 0.6) is 0 Å². The first kappa shape index (κ1) is 17.9. The monoisotopic (exact) mass is 366 g/mol. The summed E-state index contributed by atoms with van der Waals surface area (Å²) in [7, 11) is 0. The van der Waals surface area contributed by atoms with Gasteiger partial charge in [-0.15, -0.1) is 0 Å². The Kier molecular flexibility index (Phi) is 6.72. The zero-order valence-corrected chi connectivity index (χ0v) is 16.2. The Morgan fingerprint density at radius 2 is 1.75 bits per heavy atom. The van der Waals surface area contributed by atoms with E-state index in [1.165, 1.54) is 51.4 Å². The maximum absolute atomic E-state index is 5.64. The van der Waals surface area contributed by atoms with Crippen LogP contribution in [0, 0.1) is 0 Å². The van der Waals surface area contributed by atoms with Gasteiger partial charge in [-0.05, 0) is 75.8 Å². The zero-order chi connectivity index (χ0) is 16.8. The third-order valence-corrected chi connectivity index (χ3v) is 5.97. The topological polar surface area (TPSA) is 30.5 Å². The average Bonchev–Trinajstić information content (AvgIpc) is 3.27. The van der Waals surface area contributed by atoms with Gasteiger partial charge >= 0.3 is 0 Å². The molecule has 0 aromatic heterocycles. The highest BCUT2D eigenvalue weighted by Gasteiger charge is 2.28. The van der Waals surface area contributed by atoms with Crippen molar-refractivity contribution in [1.29, 1.82) is 0 Å². The largest absolute Gasteiger partial charge is 0.361 e. The lowest BCUT2D eigenvalue weighted by Crippen LogP contribution is -2.53. The fourth-order valence-electron chi connectivity index (χ4n) is 3.91. The molecule has 24 heavy (non-hydrogen) atoms. The maximum Gasteiger partial charge on any atom is 0.188 e. The summed E-state index contributed by atoms with van der Waals surface area (Å²) in [6, 6.07) is 0.555. The van der Waals surface area contributed by atoms with E-state index >= 15 is 0 Å². The molecule has 0 atom stereocenters. The highest BCUT2D eigenvalue weighted by atomic mass is 32.1. The van der Waals surface area contributed by atoms with Gasteiger partial charge in [0, 0.05) is 25.7 Å². The van der Waals surface area contributed by atoms with E-state index in [4.69, 9.17) is 24.4 Å². The molecule has 134 valence electrons. The average molecular weight is 367 g/mol. The molecule has 1 aliphatic heterocycles. The van der Waals surface area contributed by atoms with E-state index < -0.39 is 0 Å². The van der Waals surface area contributed by atoms with Gasteiger partial charge in [0.1, 0.15) is 0 Å². The lowest BCUT2D eigenvalue weighted by atomic mass is 9.97. The molecule has 1 heterocycles. The van der Waals surface area contributed by atoms with Crippen molar-refractivity contribution in [3.8, 4) is 0 Å². The van der Waals surface area contributed by atoms with Crippen LogP contribution in [-0.4, -0.2) is 45.9 Å². The molecule has 4 nitrogen and oxygen atoms in total. The number of thiocarbonyl (C=S) groups is 2. The number of rotatable bonds is 4. The van der Waals surface area contributed by atoms with E-state index in [0.717, 1.165) is 42.7 Å². The minimum atomic E-state index is 0.555. The van der Waals surface area contributed by atoms with Crippen molar-refractivity contribution in [3.05, 3.63) is 11.6 Å². The molecule has 1 saturated carbocycles. The minimum Gasteiger partial charge on any atom is -0.361 e. The zero-order valence-electron chi connectivity index (χ0n) is 14.6. The first-order chi connectivity index (χ1) is 11.7. The van der Waals surface area contributed by atoms with Crippen LogP contribution >= 0.6 is 24.4 Å². The van der Waals surface area contributed by atoms with Crippen molar-refractivity contribution < 1.29 is 0 Å². The van der Waals surface area contributed by atoms with Crippen LogP contribution in [0.3, 0.4) is 0 Å². The van der Waals surface area contributed by atoms with Crippen LogP contribution in [-0.2, 0) is 0 Å². The molecule has 3 aliphatic rings. The van der Waals surface area contributed by atoms with Crippen molar-refractivity contribution in [1.82, 2.24) is 20.7 Å². The molecule has 6 heteroatoms. The molecule has 2 fully saturated rings. The summed E-state index contributed by atoms with van der Waals surface area (Å²) in [6.45, 7) is 2.85. The van der Waals surface area contributed by atoms with Gasteiger partial charge in [0.15, 0.2) is 10.2 Å². The highest BCUT2D eigenvalue weighted by molar-refractivity contribution is 7.80. The van der Waals surface area contributed by atoms with Crippen molar-refractivity contribution in [3.63, 3.8) is 0 Å². The van der Waals surface area contributed by atoms with Gasteiger partial charge in [-0.2, -0.15) is 0 Å². The van der Waals surface area contributed by atoms with Gasteiger partial charge in [0.2, 0.25) is 0 Å². The predicted molar refractivity (Wildman–Crippen MR) is 108 cm³/mol. The fourth-order valence-corrected chi connectivity index (χ4v) is 4.55. The molecule has 1 saturated heterocycles. The van der Waals surface area contributed by atoms with Gasteiger partial charge in [-0.25, -0.2) is 0 Å². The van der Waals surface area contributed by atoms with Gasteiger partial charge < -0.3 is 10.6 Å². The van der Waals surface area contributed by atoms with Gasteiger partial charge in [0.25, 0.3) is 0 Å².